The molecule has 3 rings (SSSR count). The Morgan fingerprint density at radius 1 is 1.17 bits per heavy atom. The van der Waals surface area contributed by atoms with Crippen molar-refractivity contribution in [2.45, 2.75) is 18.6 Å². The van der Waals surface area contributed by atoms with Crippen molar-refractivity contribution in [1.82, 2.24) is 4.72 Å². The van der Waals surface area contributed by atoms with E-state index in [0.717, 1.165) is 11.3 Å². The molecular formula is C21H23N3O5S. The number of rotatable bonds is 9. The molecular weight excluding hydrogens is 406 g/mol. The summed E-state index contributed by atoms with van der Waals surface area (Å²) in [6.45, 7) is 3.48. The molecule has 30 heavy (non-hydrogen) atoms. The number of benzene rings is 2. The molecule has 0 aromatic heterocycles. The number of amides is 2. The van der Waals surface area contributed by atoms with E-state index in [1.165, 1.54) is 6.08 Å². The van der Waals surface area contributed by atoms with Crippen molar-refractivity contribution in [1.29, 1.82) is 0 Å². The number of hydrogen-bond acceptors (Lipinski definition) is 5. The van der Waals surface area contributed by atoms with Crippen LogP contribution in [0.25, 0.3) is 0 Å². The van der Waals surface area contributed by atoms with Crippen LogP contribution < -0.4 is 20.1 Å². The molecule has 0 fully saturated rings. The van der Waals surface area contributed by atoms with Crippen LogP contribution in [0.3, 0.4) is 0 Å². The Balaban J connectivity index is 1.50. The SMILES string of the molecule is C=CCNS(=O)(=O)Cc1ccc(NC(=O)COc2ccc3c(c2)CCC(=O)N3)cc1. The van der Waals surface area contributed by atoms with E-state index in [4.69, 9.17) is 4.74 Å². The Morgan fingerprint density at radius 3 is 2.67 bits per heavy atom. The van der Waals surface area contributed by atoms with Gasteiger partial charge < -0.3 is 15.4 Å². The van der Waals surface area contributed by atoms with Crippen LogP contribution in [0, 0.1) is 0 Å². The first-order valence-electron chi connectivity index (χ1n) is 9.37. The van der Waals surface area contributed by atoms with Crippen molar-refractivity contribution in [3.63, 3.8) is 0 Å². The molecule has 2 aromatic carbocycles. The highest BCUT2D eigenvalue weighted by molar-refractivity contribution is 7.88. The summed E-state index contributed by atoms with van der Waals surface area (Å²) >= 11 is 0. The summed E-state index contributed by atoms with van der Waals surface area (Å²) in [5.74, 6) is 0.0469. The van der Waals surface area contributed by atoms with Gasteiger partial charge in [-0.3, -0.25) is 9.59 Å². The fraction of sp³-hybridized carbons (Fsp3) is 0.238. The van der Waals surface area contributed by atoms with Gasteiger partial charge in [-0.05, 0) is 47.9 Å². The van der Waals surface area contributed by atoms with Gasteiger partial charge in [-0.25, -0.2) is 13.1 Å². The summed E-state index contributed by atoms with van der Waals surface area (Å²) in [6.07, 6.45) is 2.54. The maximum atomic E-state index is 12.1. The van der Waals surface area contributed by atoms with E-state index >= 15 is 0 Å². The molecule has 1 aliphatic rings. The van der Waals surface area contributed by atoms with E-state index in [9.17, 15) is 18.0 Å². The molecule has 8 nitrogen and oxygen atoms in total. The zero-order valence-corrected chi connectivity index (χ0v) is 17.1. The van der Waals surface area contributed by atoms with E-state index < -0.39 is 10.0 Å². The molecule has 0 spiro atoms. The zero-order chi connectivity index (χ0) is 21.6. The minimum Gasteiger partial charge on any atom is -0.484 e. The maximum absolute atomic E-state index is 12.1. The largest absolute Gasteiger partial charge is 0.484 e. The molecule has 1 aliphatic heterocycles. The first-order chi connectivity index (χ1) is 14.3. The number of fused-ring (bicyclic) bond motifs is 1. The van der Waals surface area contributed by atoms with Crippen LogP contribution in [0.5, 0.6) is 5.75 Å². The van der Waals surface area contributed by atoms with Crippen LogP contribution in [-0.4, -0.2) is 33.4 Å². The number of aryl methyl sites for hydroxylation is 1. The lowest BCUT2D eigenvalue weighted by Gasteiger charge is -2.17. The molecule has 2 aromatic rings. The summed E-state index contributed by atoms with van der Waals surface area (Å²) in [6, 6.07) is 11.8. The second kappa shape index (κ2) is 9.55. The van der Waals surface area contributed by atoms with Crippen LogP contribution in [0.4, 0.5) is 11.4 Å². The number of carbonyl (C=O) groups excluding carboxylic acids is 2. The van der Waals surface area contributed by atoms with Crippen LogP contribution in [0.15, 0.2) is 55.1 Å². The summed E-state index contributed by atoms with van der Waals surface area (Å²) in [5.41, 5.74) is 2.88. The van der Waals surface area contributed by atoms with Gasteiger partial charge in [-0.1, -0.05) is 18.2 Å². The van der Waals surface area contributed by atoms with Crippen LogP contribution >= 0.6 is 0 Å². The van der Waals surface area contributed by atoms with Gasteiger partial charge in [0.15, 0.2) is 6.61 Å². The Hall–Kier alpha value is -3.17. The highest BCUT2D eigenvalue weighted by Crippen LogP contribution is 2.26. The first-order valence-corrected chi connectivity index (χ1v) is 11.0. The minimum absolute atomic E-state index is 0.00723. The molecule has 0 atom stereocenters. The molecule has 0 saturated carbocycles. The highest BCUT2D eigenvalue weighted by Gasteiger charge is 2.15. The molecule has 0 saturated heterocycles. The second-order valence-corrected chi connectivity index (χ2v) is 8.60. The van der Waals surface area contributed by atoms with E-state index in [0.29, 0.717) is 29.8 Å². The van der Waals surface area contributed by atoms with Crippen LogP contribution in [-0.2, 0) is 31.8 Å². The van der Waals surface area contributed by atoms with E-state index in [1.54, 1.807) is 36.4 Å². The van der Waals surface area contributed by atoms with E-state index in [2.05, 4.69) is 21.9 Å². The normalized spacial score (nSPS) is 13.1. The lowest BCUT2D eigenvalue weighted by Crippen LogP contribution is -2.25. The van der Waals surface area contributed by atoms with E-state index in [1.807, 2.05) is 6.07 Å². The average molecular weight is 429 g/mol. The highest BCUT2D eigenvalue weighted by atomic mass is 32.2. The van der Waals surface area contributed by atoms with Gasteiger partial charge in [-0.2, -0.15) is 0 Å². The average Bonchev–Trinajstić information content (AvgIpc) is 2.72. The molecule has 158 valence electrons. The third kappa shape index (κ3) is 6.16. The van der Waals surface area contributed by atoms with Gasteiger partial charge >= 0.3 is 0 Å². The number of nitrogens with one attached hydrogen (secondary N) is 3. The topological polar surface area (TPSA) is 114 Å². The molecule has 9 heteroatoms. The Labute approximate surface area is 175 Å². The summed E-state index contributed by atoms with van der Waals surface area (Å²) in [5, 5.41) is 5.50. The number of anilines is 2. The molecule has 3 N–H and O–H groups in total. The fourth-order valence-corrected chi connectivity index (χ4v) is 4.04. The molecule has 0 bridgehead atoms. The zero-order valence-electron chi connectivity index (χ0n) is 16.3. The summed E-state index contributed by atoms with van der Waals surface area (Å²) in [7, 11) is -3.43. The fourth-order valence-electron chi connectivity index (χ4n) is 2.94. The molecule has 2 amide bonds. The van der Waals surface area contributed by atoms with Crippen molar-refractivity contribution in [3.8, 4) is 5.75 Å². The van der Waals surface area contributed by atoms with Crippen LogP contribution in [0.1, 0.15) is 17.5 Å². The first kappa shape index (κ1) is 21.5. The minimum atomic E-state index is -3.43. The summed E-state index contributed by atoms with van der Waals surface area (Å²) < 4.78 is 31.7. The van der Waals surface area contributed by atoms with Gasteiger partial charge in [0.1, 0.15) is 5.75 Å². The van der Waals surface area contributed by atoms with Crippen LogP contribution in [0.2, 0.25) is 0 Å². The summed E-state index contributed by atoms with van der Waals surface area (Å²) in [4.78, 5) is 23.5. The number of hydrogen-bond donors (Lipinski definition) is 3. The van der Waals surface area contributed by atoms with Crippen molar-refractivity contribution in [2.75, 3.05) is 23.8 Å². The van der Waals surface area contributed by atoms with Gasteiger partial charge in [0.2, 0.25) is 15.9 Å². The smallest absolute Gasteiger partial charge is 0.262 e. The van der Waals surface area contributed by atoms with Gasteiger partial charge in [0, 0.05) is 24.3 Å². The Kier molecular flexibility index (Phi) is 6.86. The Bertz CT molecular complexity index is 1050. The molecule has 0 aliphatic carbocycles. The monoisotopic (exact) mass is 429 g/mol. The predicted octanol–water partition coefficient (Wildman–Crippen LogP) is 2.19. The molecule has 0 unspecified atom stereocenters. The second-order valence-electron chi connectivity index (χ2n) is 6.80. The number of carbonyl (C=O) groups is 2. The lowest BCUT2D eigenvalue weighted by molar-refractivity contribution is -0.118. The quantitative estimate of drug-likeness (QED) is 0.529. The maximum Gasteiger partial charge on any atom is 0.262 e. The standard InChI is InChI=1S/C21H23N3O5S/c1-2-11-22-30(27,28)14-15-3-6-17(7-4-15)23-21(26)13-29-18-8-9-19-16(12-18)5-10-20(25)24-19/h2-4,6-9,12,22H,1,5,10-11,13-14H2,(H,23,26)(H,24,25). The van der Waals surface area contributed by atoms with E-state index in [-0.39, 0.29) is 30.7 Å². The van der Waals surface area contributed by atoms with Crippen molar-refractivity contribution < 1.29 is 22.7 Å². The molecule has 1 heterocycles. The predicted molar refractivity (Wildman–Crippen MR) is 115 cm³/mol. The third-order valence-corrected chi connectivity index (χ3v) is 5.70. The third-order valence-electron chi connectivity index (χ3n) is 4.38. The van der Waals surface area contributed by atoms with Gasteiger partial charge in [0.05, 0.1) is 5.75 Å². The van der Waals surface area contributed by atoms with Gasteiger partial charge in [0.25, 0.3) is 5.91 Å². The molecule has 0 radical (unpaired) electrons. The van der Waals surface area contributed by atoms with Crippen molar-refractivity contribution in [2.24, 2.45) is 0 Å². The number of ether oxygens (including phenoxy) is 1. The van der Waals surface area contributed by atoms with Crippen molar-refractivity contribution in [3.05, 3.63) is 66.2 Å². The number of sulfonamides is 1. The van der Waals surface area contributed by atoms with Crippen molar-refractivity contribution >= 4 is 33.2 Å². The Morgan fingerprint density at radius 2 is 1.93 bits per heavy atom. The van der Waals surface area contributed by atoms with Gasteiger partial charge in [-0.15, -0.1) is 6.58 Å². The lowest BCUT2D eigenvalue weighted by atomic mass is 10.0.